The molecule has 0 aliphatic carbocycles. The molecule has 0 saturated carbocycles. The van der Waals surface area contributed by atoms with Gasteiger partial charge in [-0.15, -0.1) is 11.3 Å². The zero-order valence-corrected chi connectivity index (χ0v) is 13.2. The summed E-state index contributed by atoms with van der Waals surface area (Å²) < 4.78 is 37.8. The Morgan fingerprint density at radius 3 is 2.48 bits per heavy atom. The van der Waals surface area contributed by atoms with Crippen LogP contribution in [0.4, 0.5) is 13.2 Å². The van der Waals surface area contributed by atoms with E-state index in [1.807, 2.05) is 0 Å². The molecule has 1 aromatic heterocycles. The van der Waals surface area contributed by atoms with Gasteiger partial charge in [0, 0.05) is 17.5 Å². The third-order valence-electron chi connectivity index (χ3n) is 3.28. The maximum Gasteiger partial charge on any atom is 0.434 e. The Morgan fingerprint density at radius 1 is 1.35 bits per heavy atom. The number of halogens is 3. The third-order valence-corrected chi connectivity index (χ3v) is 4.23. The summed E-state index contributed by atoms with van der Waals surface area (Å²) in [7, 11) is 0. The molecule has 0 bridgehead atoms. The van der Waals surface area contributed by atoms with Crippen LogP contribution in [-0.2, 0) is 12.7 Å². The van der Waals surface area contributed by atoms with Crippen molar-refractivity contribution in [3.63, 3.8) is 0 Å². The van der Waals surface area contributed by atoms with E-state index in [1.165, 1.54) is 0 Å². The van der Waals surface area contributed by atoms with Crippen molar-refractivity contribution in [3.8, 4) is 0 Å². The van der Waals surface area contributed by atoms with Crippen LogP contribution in [0.15, 0.2) is 29.6 Å². The van der Waals surface area contributed by atoms with Crippen molar-refractivity contribution >= 4 is 17.2 Å². The number of benzene rings is 1. The number of nitrogens with two attached hydrogens (primary N) is 1. The van der Waals surface area contributed by atoms with Gasteiger partial charge >= 0.3 is 6.18 Å². The van der Waals surface area contributed by atoms with E-state index in [9.17, 15) is 18.0 Å². The third kappa shape index (κ3) is 4.29. The van der Waals surface area contributed by atoms with Gasteiger partial charge in [-0.3, -0.25) is 4.79 Å². The molecule has 0 saturated heterocycles. The summed E-state index contributed by atoms with van der Waals surface area (Å²) in [5, 5.41) is 3.91. The lowest BCUT2D eigenvalue weighted by Gasteiger charge is -2.14. The number of carbonyl (C=O) groups is 1. The van der Waals surface area contributed by atoms with Gasteiger partial charge in [-0.05, 0) is 24.1 Å². The zero-order chi connectivity index (χ0) is 17.0. The predicted molar refractivity (Wildman–Crippen MR) is 81.9 cm³/mol. The maximum absolute atomic E-state index is 12.6. The van der Waals surface area contributed by atoms with Crippen molar-refractivity contribution in [1.29, 1.82) is 0 Å². The fraction of sp³-hybridized carbons (Fsp3) is 0.333. The fourth-order valence-corrected chi connectivity index (χ4v) is 2.91. The molecule has 0 radical (unpaired) electrons. The number of aromatic nitrogens is 1. The molecule has 4 nitrogen and oxygen atoms in total. The van der Waals surface area contributed by atoms with Gasteiger partial charge in [0.05, 0.1) is 6.04 Å². The first-order valence-electron chi connectivity index (χ1n) is 6.97. The van der Waals surface area contributed by atoms with Crippen molar-refractivity contribution in [2.75, 3.05) is 0 Å². The molecule has 23 heavy (non-hydrogen) atoms. The number of nitrogens with zero attached hydrogens (tertiary/aromatic N) is 1. The van der Waals surface area contributed by atoms with Crippen LogP contribution in [0.3, 0.4) is 0 Å². The van der Waals surface area contributed by atoms with Crippen molar-refractivity contribution in [1.82, 2.24) is 10.3 Å². The second-order valence-electron chi connectivity index (χ2n) is 4.90. The molecule has 0 fully saturated rings. The lowest BCUT2D eigenvalue weighted by Crippen LogP contribution is -2.28. The van der Waals surface area contributed by atoms with Gasteiger partial charge in [-0.2, -0.15) is 13.2 Å². The second-order valence-corrected chi connectivity index (χ2v) is 5.79. The molecular weight excluding hydrogens is 327 g/mol. The number of carbonyl (C=O) groups excluding carboxylic acids is 1. The van der Waals surface area contributed by atoms with Crippen LogP contribution in [0.5, 0.6) is 0 Å². The topological polar surface area (TPSA) is 68.0 Å². The zero-order valence-electron chi connectivity index (χ0n) is 12.4. The maximum atomic E-state index is 12.6. The standard InChI is InChI=1S/C15H16F3N3OS/c1-2-11(14-21-12(8-23-14)15(16,17)18)20-13(22)10-5-3-9(7-19)4-6-10/h3-6,8,11H,2,7,19H2,1H3,(H,20,22). The van der Waals surface area contributed by atoms with E-state index < -0.39 is 17.9 Å². The summed E-state index contributed by atoms with van der Waals surface area (Å²) in [6.07, 6.45) is -4.04. The Labute approximate surface area is 135 Å². The molecule has 3 N–H and O–H groups in total. The molecule has 2 aromatic rings. The van der Waals surface area contributed by atoms with Crippen molar-refractivity contribution in [3.05, 3.63) is 51.5 Å². The highest BCUT2D eigenvalue weighted by Gasteiger charge is 2.34. The SMILES string of the molecule is CCC(NC(=O)c1ccc(CN)cc1)c1nc(C(F)(F)F)cs1. The van der Waals surface area contributed by atoms with Gasteiger partial charge in [0.1, 0.15) is 5.01 Å². The monoisotopic (exact) mass is 343 g/mol. The number of thiazole rings is 1. The normalized spacial score (nSPS) is 12.9. The van der Waals surface area contributed by atoms with Gasteiger partial charge in [-0.25, -0.2) is 4.98 Å². The highest BCUT2D eigenvalue weighted by Crippen LogP contribution is 2.32. The van der Waals surface area contributed by atoms with Crippen LogP contribution < -0.4 is 11.1 Å². The first-order valence-corrected chi connectivity index (χ1v) is 7.85. The van der Waals surface area contributed by atoms with Crippen LogP contribution in [-0.4, -0.2) is 10.9 Å². The van der Waals surface area contributed by atoms with E-state index in [-0.39, 0.29) is 10.9 Å². The van der Waals surface area contributed by atoms with Crippen LogP contribution >= 0.6 is 11.3 Å². The van der Waals surface area contributed by atoms with E-state index in [2.05, 4.69) is 10.3 Å². The molecule has 0 spiro atoms. The summed E-state index contributed by atoms with van der Waals surface area (Å²) in [4.78, 5) is 15.8. The predicted octanol–water partition coefficient (Wildman–Crippen LogP) is 3.50. The quantitative estimate of drug-likeness (QED) is 0.873. The number of hydrogen-bond donors (Lipinski definition) is 2. The van der Waals surface area contributed by atoms with Crippen LogP contribution in [0.2, 0.25) is 0 Å². The van der Waals surface area contributed by atoms with Gasteiger partial charge in [0.2, 0.25) is 0 Å². The molecule has 8 heteroatoms. The first kappa shape index (κ1) is 17.4. The average molecular weight is 343 g/mol. The summed E-state index contributed by atoms with van der Waals surface area (Å²) in [6, 6.07) is 6.18. The molecule has 0 aliphatic rings. The lowest BCUT2D eigenvalue weighted by atomic mass is 10.1. The Morgan fingerprint density at radius 2 is 2.00 bits per heavy atom. The minimum Gasteiger partial charge on any atom is -0.343 e. The molecule has 2 rings (SSSR count). The van der Waals surface area contributed by atoms with Crippen LogP contribution in [0.25, 0.3) is 0 Å². The number of alkyl halides is 3. The average Bonchev–Trinajstić information content (AvgIpc) is 3.02. The van der Waals surface area contributed by atoms with E-state index in [0.29, 0.717) is 18.5 Å². The minimum absolute atomic E-state index is 0.242. The van der Waals surface area contributed by atoms with Crippen molar-refractivity contribution in [2.24, 2.45) is 5.73 Å². The Balaban J connectivity index is 2.12. The molecule has 1 atom stereocenters. The van der Waals surface area contributed by atoms with Gasteiger partial charge in [0.15, 0.2) is 5.69 Å². The smallest absolute Gasteiger partial charge is 0.343 e. The summed E-state index contributed by atoms with van der Waals surface area (Å²) >= 11 is 0.890. The van der Waals surface area contributed by atoms with Crippen LogP contribution in [0, 0.1) is 0 Å². The molecular formula is C15H16F3N3OS. The van der Waals surface area contributed by atoms with E-state index in [4.69, 9.17) is 5.73 Å². The highest BCUT2D eigenvalue weighted by atomic mass is 32.1. The molecule has 0 aliphatic heterocycles. The van der Waals surface area contributed by atoms with Gasteiger partial charge in [-0.1, -0.05) is 19.1 Å². The Bertz CT molecular complexity index is 667. The molecule has 124 valence electrons. The minimum atomic E-state index is -4.48. The van der Waals surface area contributed by atoms with E-state index in [0.717, 1.165) is 22.3 Å². The highest BCUT2D eigenvalue weighted by molar-refractivity contribution is 7.09. The molecule has 1 unspecified atom stereocenters. The molecule has 1 heterocycles. The molecule has 1 aromatic carbocycles. The van der Waals surface area contributed by atoms with Gasteiger partial charge in [0.25, 0.3) is 5.91 Å². The summed E-state index contributed by atoms with van der Waals surface area (Å²) in [5.74, 6) is -0.357. The Hall–Kier alpha value is -1.93. The van der Waals surface area contributed by atoms with E-state index >= 15 is 0 Å². The fourth-order valence-electron chi connectivity index (χ4n) is 1.95. The summed E-state index contributed by atoms with van der Waals surface area (Å²) in [5.41, 5.74) is 5.88. The Kier molecular flexibility index (Phi) is 5.38. The largest absolute Gasteiger partial charge is 0.434 e. The number of hydrogen-bond acceptors (Lipinski definition) is 4. The molecule has 1 amide bonds. The lowest BCUT2D eigenvalue weighted by molar-refractivity contribution is -0.140. The summed E-state index contributed by atoms with van der Waals surface area (Å²) in [6.45, 7) is 2.15. The number of rotatable bonds is 5. The van der Waals surface area contributed by atoms with Crippen molar-refractivity contribution < 1.29 is 18.0 Å². The van der Waals surface area contributed by atoms with Gasteiger partial charge < -0.3 is 11.1 Å². The van der Waals surface area contributed by atoms with E-state index in [1.54, 1.807) is 31.2 Å². The number of nitrogens with one attached hydrogen (secondary N) is 1. The van der Waals surface area contributed by atoms with Crippen LogP contribution in [0.1, 0.15) is 46.0 Å². The van der Waals surface area contributed by atoms with Crippen molar-refractivity contribution in [2.45, 2.75) is 32.1 Å². The second kappa shape index (κ2) is 7.10. The number of amides is 1. The first-order chi connectivity index (χ1) is 10.8.